The number of rotatable bonds is 12. The summed E-state index contributed by atoms with van der Waals surface area (Å²) in [5.74, 6) is -1.31. The topological polar surface area (TPSA) is 132 Å². The average Bonchev–Trinajstić information content (AvgIpc) is 2.81. The molecule has 0 fully saturated rings. The molecule has 2 amide bonds. The normalized spacial score (nSPS) is 11.5. The Morgan fingerprint density at radius 2 is 1.62 bits per heavy atom. The number of hydrogen-bond donors (Lipinski definition) is 3. The molecule has 10 nitrogen and oxygen atoms in total. The Hall–Kier alpha value is -3.63. The first-order valence-electron chi connectivity index (χ1n) is 9.69. The smallest absolute Gasteiger partial charge is 0.408 e. The van der Waals surface area contributed by atoms with Gasteiger partial charge in [0.25, 0.3) is 5.91 Å². The molecule has 0 spiro atoms. The van der Waals surface area contributed by atoms with Gasteiger partial charge in [0, 0.05) is 26.3 Å². The zero-order valence-electron chi connectivity index (χ0n) is 17.8. The number of aliphatic carboxylic acids is 1. The molecular formula is C22H26N2O8. The molecule has 32 heavy (non-hydrogen) atoms. The van der Waals surface area contributed by atoms with E-state index in [1.807, 2.05) is 6.07 Å². The summed E-state index contributed by atoms with van der Waals surface area (Å²) in [6.07, 6.45) is -1.42. The van der Waals surface area contributed by atoms with Crippen LogP contribution in [0.15, 0.2) is 54.6 Å². The average molecular weight is 446 g/mol. The van der Waals surface area contributed by atoms with E-state index in [1.165, 1.54) is 26.4 Å². The Kier molecular flexibility index (Phi) is 9.95. The van der Waals surface area contributed by atoms with Gasteiger partial charge in [-0.2, -0.15) is 0 Å². The molecule has 0 aliphatic rings. The Morgan fingerprint density at radius 1 is 0.969 bits per heavy atom. The molecule has 2 aromatic carbocycles. The minimum Gasteiger partial charge on any atom is -0.488 e. The van der Waals surface area contributed by atoms with Crippen LogP contribution in [0.5, 0.6) is 5.75 Å². The Morgan fingerprint density at radius 3 is 2.22 bits per heavy atom. The molecule has 0 radical (unpaired) electrons. The van der Waals surface area contributed by atoms with Gasteiger partial charge in [-0.3, -0.25) is 4.79 Å². The second kappa shape index (κ2) is 12.9. The number of benzene rings is 2. The maximum absolute atomic E-state index is 12.3. The SMILES string of the molecule is COC(COc1ccc(C(=O)NC[C@H](NC(=O)OCc2ccccc2)C(=O)O)cc1)OC. The third-order valence-electron chi connectivity index (χ3n) is 4.30. The van der Waals surface area contributed by atoms with Gasteiger partial charge in [-0.1, -0.05) is 30.3 Å². The van der Waals surface area contributed by atoms with Crippen molar-refractivity contribution in [3.63, 3.8) is 0 Å². The summed E-state index contributed by atoms with van der Waals surface area (Å²) in [5.41, 5.74) is 1.05. The summed E-state index contributed by atoms with van der Waals surface area (Å²) >= 11 is 0. The summed E-state index contributed by atoms with van der Waals surface area (Å²) in [5, 5.41) is 14.0. The van der Waals surface area contributed by atoms with Crippen LogP contribution in [0.3, 0.4) is 0 Å². The van der Waals surface area contributed by atoms with E-state index in [-0.39, 0.29) is 19.8 Å². The highest BCUT2D eigenvalue weighted by molar-refractivity contribution is 5.94. The van der Waals surface area contributed by atoms with Crippen molar-refractivity contribution in [3.05, 3.63) is 65.7 Å². The van der Waals surface area contributed by atoms with Gasteiger partial charge in [0.1, 0.15) is 25.0 Å². The maximum atomic E-state index is 12.3. The predicted molar refractivity (Wildman–Crippen MR) is 113 cm³/mol. The number of carbonyl (C=O) groups is 3. The number of carbonyl (C=O) groups excluding carboxylic acids is 2. The van der Waals surface area contributed by atoms with Gasteiger partial charge in [-0.25, -0.2) is 9.59 Å². The van der Waals surface area contributed by atoms with Crippen molar-refractivity contribution < 1.29 is 38.4 Å². The minimum atomic E-state index is -1.36. The van der Waals surface area contributed by atoms with Crippen LogP contribution in [-0.4, -0.2) is 62.8 Å². The van der Waals surface area contributed by atoms with Crippen LogP contribution in [0, 0.1) is 0 Å². The van der Waals surface area contributed by atoms with E-state index in [2.05, 4.69) is 10.6 Å². The number of carboxylic acids is 1. The number of hydrogen-bond acceptors (Lipinski definition) is 7. The van der Waals surface area contributed by atoms with Crippen molar-refractivity contribution >= 4 is 18.0 Å². The summed E-state index contributed by atoms with van der Waals surface area (Å²) in [6, 6.07) is 13.8. The number of amides is 2. The van der Waals surface area contributed by atoms with Crippen molar-refractivity contribution in [2.24, 2.45) is 0 Å². The highest BCUT2D eigenvalue weighted by atomic mass is 16.7. The standard InChI is InChI=1S/C22H26N2O8/c1-29-19(30-2)14-31-17-10-8-16(9-11-17)20(25)23-12-18(21(26)27)24-22(28)32-13-15-6-4-3-5-7-15/h3-11,18-19H,12-14H2,1-2H3,(H,23,25)(H,24,28)(H,26,27)/t18-/m0/s1. The Labute approximate surface area is 185 Å². The third kappa shape index (κ3) is 8.25. The van der Waals surface area contributed by atoms with Crippen molar-refractivity contribution in [1.29, 1.82) is 0 Å². The molecule has 1 atom stereocenters. The minimum absolute atomic E-state index is 0.00466. The summed E-state index contributed by atoms with van der Waals surface area (Å²) < 4.78 is 20.6. The Balaban J connectivity index is 1.81. The van der Waals surface area contributed by atoms with E-state index in [9.17, 15) is 19.5 Å². The fraction of sp³-hybridized carbons (Fsp3) is 0.318. The number of methoxy groups -OCH3 is 2. The van der Waals surface area contributed by atoms with E-state index in [0.29, 0.717) is 11.3 Å². The van der Waals surface area contributed by atoms with E-state index < -0.39 is 30.3 Å². The number of nitrogens with one attached hydrogen (secondary N) is 2. The van der Waals surface area contributed by atoms with Gasteiger partial charge < -0.3 is 34.7 Å². The van der Waals surface area contributed by atoms with Gasteiger partial charge >= 0.3 is 12.1 Å². The first-order chi connectivity index (χ1) is 15.4. The lowest BCUT2D eigenvalue weighted by molar-refractivity contribution is -0.139. The van der Waals surface area contributed by atoms with Gasteiger partial charge in [0.2, 0.25) is 0 Å². The quantitative estimate of drug-likeness (QED) is 0.421. The molecule has 2 rings (SSSR count). The van der Waals surface area contributed by atoms with Crippen LogP contribution in [0.4, 0.5) is 4.79 Å². The Bertz CT molecular complexity index is 869. The van der Waals surface area contributed by atoms with Crippen LogP contribution in [0.1, 0.15) is 15.9 Å². The summed E-state index contributed by atoms with van der Waals surface area (Å²) in [4.78, 5) is 35.6. The van der Waals surface area contributed by atoms with Crippen molar-refractivity contribution in [2.45, 2.75) is 18.9 Å². The fourth-order valence-electron chi connectivity index (χ4n) is 2.50. The molecule has 172 valence electrons. The third-order valence-corrected chi connectivity index (χ3v) is 4.30. The monoisotopic (exact) mass is 446 g/mol. The molecule has 0 heterocycles. The largest absolute Gasteiger partial charge is 0.488 e. The molecule has 0 saturated carbocycles. The maximum Gasteiger partial charge on any atom is 0.408 e. The molecule has 10 heteroatoms. The number of ether oxygens (including phenoxy) is 4. The summed E-state index contributed by atoms with van der Waals surface area (Å²) in [7, 11) is 2.99. The van der Waals surface area contributed by atoms with Crippen LogP contribution >= 0.6 is 0 Å². The molecule has 0 aromatic heterocycles. The first-order valence-corrected chi connectivity index (χ1v) is 9.69. The zero-order valence-corrected chi connectivity index (χ0v) is 17.8. The van der Waals surface area contributed by atoms with E-state index >= 15 is 0 Å². The molecule has 0 aliphatic heterocycles. The fourth-order valence-corrected chi connectivity index (χ4v) is 2.50. The van der Waals surface area contributed by atoms with Crippen LogP contribution in [-0.2, 0) is 25.6 Å². The number of alkyl carbamates (subject to hydrolysis) is 1. The van der Waals surface area contributed by atoms with E-state index in [0.717, 1.165) is 5.56 Å². The van der Waals surface area contributed by atoms with Crippen molar-refractivity contribution in [1.82, 2.24) is 10.6 Å². The lowest BCUT2D eigenvalue weighted by atomic mass is 10.2. The lowest BCUT2D eigenvalue weighted by Crippen LogP contribution is -2.48. The highest BCUT2D eigenvalue weighted by Crippen LogP contribution is 2.13. The lowest BCUT2D eigenvalue weighted by Gasteiger charge is -2.16. The van der Waals surface area contributed by atoms with Gasteiger partial charge in [-0.05, 0) is 29.8 Å². The van der Waals surface area contributed by atoms with Gasteiger partial charge in [0.15, 0.2) is 6.29 Å². The van der Waals surface area contributed by atoms with Crippen molar-refractivity contribution in [3.8, 4) is 5.75 Å². The molecular weight excluding hydrogens is 420 g/mol. The molecule has 3 N–H and O–H groups in total. The first kappa shape index (κ1) is 24.6. The summed E-state index contributed by atoms with van der Waals surface area (Å²) in [6.45, 7) is -0.156. The van der Waals surface area contributed by atoms with Crippen LogP contribution in [0.2, 0.25) is 0 Å². The number of carboxylic acid groups (broad SMARTS) is 1. The second-order valence-corrected chi connectivity index (χ2v) is 6.54. The highest BCUT2D eigenvalue weighted by Gasteiger charge is 2.22. The zero-order chi connectivity index (χ0) is 23.3. The van der Waals surface area contributed by atoms with E-state index in [1.54, 1.807) is 36.4 Å². The molecule has 0 bridgehead atoms. The molecule has 0 unspecified atom stereocenters. The second-order valence-electron chi connectivity index (χ2n) is 6.54. The van der Waals surface area contributed by atoms with Crippen LogP contribution in [0.25, 0.3) is 0 Å². The van der Waals surface area contributed by atoms with E-state index in [4.69, 9.17) is 18.9 Å². The van der Waals surface area contributed by atoms with Gasteiger partial charge in [-0.15, -0.1) is 0 Å². The van der Waals surface area contributed by atoms with Crippen LogP contribution < -0.4 is 15.4 Å². The predicted octanol–water partition coefficient (Wildman–Crippen LogP) is 1.79. The van der Waals surface area contributed by atoms with Gasteiger partial charge in [0.05, 0.1) is 0 Å². The molecule has 0 saturated heterocycles. The molecule has 0 aliphatic carbocycles. The van der Waals surface area contributed by atoms with Crippen molar-refractivity contribution in [2.75, 3.05) is 27.4 Å². The molecule has 2 aromatic rings.